The molecule has 0 saturated carbocycles. The van der Waals surface area contributed by atoms with Crippen molar-refractivity contribution < 1.29 is 0 Å². The van der Waals surface area contributed by atoms with E-state index in [4.69, 9.17) is 5.73 Å². The van der Waals surface area contributed by atoms with Crippen LogP contribution in [-0.2, 0) is 6.42 Å². The SMILES string of the molecule is Cc1ccccc1CCN=C(N)N1CCCCCC1.I. The van der Waals surface area contributed by atoms with Crippen molar-refractivity contribution in [3.8, 4) is 0 Å². The van der Waals surface area contributed by atoms with Gasteiger partial charge in [0.2, 0.25) is 0 Å². The molecule has 1 heterocycles. The zero-order valence-electron chi connectivity index (χ0n) is 12.3. The first kappa shape index (κ1) is 17.3. The number of benzene rings is 1. The summed E-state index contributed by atoms with van der Waals surface area (Å²) in [4.78, 5) is 6.79. The Labute approximate surface area is 139 Å². The molecule has 1 aromatic carbocycles. The van der Waals surface area contributed by atoms with Gasteiger partial charge in [0.05, 0.1) is 0 Å². The molecule has 1 aliphatic rings. The number of rotatable bonds is 3. The molecule has 3 nitrogen and oxygen atoms in total. The summed E-state index contributed by atoms with van der Waals surface area (Å²) in [6.07, 6.45) is 6.11. The van der Waals surface area contributed by atoms with Crippen LogP contribution in [0.5, 0.6) is 0 Å². The Balaban J connectivity index is 0.00000200. The van der Waals surface area contributed by atoms with Crippen LogP contribution in [0.15, 0.2) is 29.3 Å². The van der Waals surface area contributed by atoms with Gasteiger partial charge in [-0.2, -0.15) is 0 Å². The van der Waals surface area contributed by atoms with Gasteiger partial charge in [-0.25, -0.2) is 0 Å². The third kappa shape index (κ3) is 5.31. The highest BCUT2D eigenvalue weighted by Crippen LogP contribution is 2.10. The van der Waals surface area contributed by atoms with E-state index in [1.807, 2.05) is 0 Å². The summed E-state index contributed by atoms with van der Waals surface area (Å²) < 4.78 is 0. The molecule has 0 aromatic heterocycles. The zero-order valence-corrected chi connectivity index (χ0v) is 14.7. The summed E-state index contributed by atoms with van der Waals surface area (Å²) in [5.41, 5.74) is 8.81. The van der Waals surface area contributed by atoms with E-state index in [9.17, 15) is 0 Å². The molecule has 0 bridgehead atoms. The van der Waals surface area contributed by atoms with E-state index in [0.717, 1.165) is 32.0 Å². The predicted octanol–water partition coefficient (Wildman–Crippen LogP) is 3.35. The number of hydrogen-bond donors (Lipinski definition) is 1. The van der Waals surface area contributed by atoms with Crippen molar-refractivity contribution in [2.24, 2.45) is 10.7 Å². The first-order chi connectivity index (χ1) is 9.27. The van der Waals surface area contributed by atoms with Crippen molar-refractivity contribution in [2.75, 3.05) is 19.6 Å². The van der Waals surface area contributed by atoms with Crippen molar-refractivity contribution in [3.05, 3.63) is 35.4 Å². The number of aryl methyl sites for hydroxylation is 1. The highest BCUT2D eigenvalue weighted by atomic mass is 127. The normalized spacial score (nSPS) is 16.4. The van der Waals surface area contributed by atoms with Gasteiger partial charge < -0.3 is 10.6 Å². The third-order valence-electron chi connectivity index (χ3n) is 3.85. The molecule has 1 fully saturated rings. The molecule has 0 atom stereocenters. The maximum atomic E-state index is 6.10. The van der Waals surface area contributed by atoms with Crippen molar-refractivity contribution >= 4 is 29.9 Å². The van der Waals surface area contributed by atoms with Crippen molar-refractivity contribution in [1.29, 1.82) is 0 Å². The van der Waals surface area contributed by atoms with E-state index in [1.54, 1.807) is 0 Å². The number of nitrogens with zero attached hydrogens (tertiary/aromatic N) is 2. The van der Waals surface area contributed by atoms with Crippen LogP contribution in [0.2, 0.25) is 0 Å². The summed E-state index contributed by atoms with van der Waals surface area (Å²) in [5, 5.41) is 0. The minimum atomic E-state index is 0. The fourth-order valence-corrected chi connectivity index (χ4v) is 2.58. The molecule has 1 aromatic rings. The number of guanidine groups is 1. The van der Waals surface area contributed by atoms with Crippen LogP contribution in [0.1, 0.15) is 36.8 Å². The van der Waals surface area contributed by atoms with Gasteiger partial charge in [0.25, 0.3) is 0 Å². The average molecular weight is 387 g/mol. The molecule has 0 aliphatic carbocycles. The smallest absolute Gasteiger partial charge is 0.191 e. The van der Waals surface area contributed by atoms with Gasteiger partial charge in [-0.05, 0) is 37.3 Å². The molecule has 1 aliphatic heterocycles. The molecule has 2 N–H and O–H groups in total. The van der Waals surface area contributed by atoms with Gasteiger partial charge in [0, 0.05) is 19.6 Å². The molecular formula is C16H26IN3. The molecule has 2 rings (SSSR count). The topological polar surface area (TPSA) is 41.6 Å². The van der Waals surface area contributed by atoms with E-state index >= 15 is 0 Å². The highest BCUT2D eigenvalue weighted by Gasteiger charge is 2.10. The third-order valence-corrected chi connectivity index (χ3v) is 3.85. The molecule has 1 saturated heterocycles. The molecule has 20 heavy (non-hydrogen) atoms. The van der Waals surface area contributed by atoms with E-state index in [0.29, 0.717) is 0 Å². The van der Waals surface area contributed by atoms with Crippen LogP contribution < -0.4 is 5.73 Å². The second kappa shape index (κ2) is 9.21. The van der Waals surface area contributed by atoms with Crippen molar-refractivity contribution in [1.82, 2.24) is 4.90 Å². The Morgan fingerprint density at radius 1 is 1.15 bits per heavy atom. The van der Waals surface area contributed by atoms with E-state index in [1.165, 1.54) is 36.8 Å². The highest BCUT2D eigenvalue weighted by molar-refractivity contribution is 14.0. The van der Waals surface area contributed by atoms with Gasteiger partial charge in [-0.1, -0.05) is 37.1 Å². The second-order valence-corrected chi connectivity index (χ2v) is 5.32. The Kier molecular flexibility index (Phi) is 7.95. The van der Waals surface area contributed by atoms with Crippen molar-refractivity contribution in [3.63, 3.8) is 0 Å². The van der Waals surface area contributed by atoms with Crippen LogP contribution in [0.3, 0.4) is 0 Å². The Bertz CT molecular complexity index is 423. The van der Waals surface area contributed by atoms with Crippen molar-refractivity contribution in [2.45, 2.75) is 39.0 Å². The quantitative estimate of drug-likeness (QED) is 0.491. The molecule has 0 amide bonds. The lowest BCUT2D eigenvalue weighted by molar-refractivity contribution is 0.428. The van der Waals surface area contributed by atoms with Gasteiger partial charge in [-0.15, -0.1) is 24.0 Å². The lowest BCUT2D eigenvalue weighted by atomic mass is 10.1. The van der Waals surface area contributed by atoms with E-state index < -0.39 is 0 Å². The second-order valence-electron chi connectivity index (χ2n) is 5.32. The average Bonchev–Trinajstić information content (AvgIpc) is 2.70. The maximum Gasteiger partial charge on any atom is 0.191 e. The maximum absolute atomic E-state index is 6.10. The predicted molar refractivity (Wildman–Crippen MR) is 96.8 cm³/mol. The number of hydrogen-bond acceptors (Lipinski definition) is 1. The van der Waals surface area contributed by atoms with E-state index in [-0.39, 0.29) is 24.0 Å². The fraction of sp³-hybridized carbons (Fsp3) is 0.562. The van der Waals surface area contributed by atoms with Crippen LogP contribution in [-0.4, -0.2) is 30.5 Å². The van der Waals surface area contributed by atoms with Crippen LogP contribution in [0, 0.1) is 6.92 Å². The summed E-state index contributed by atoms with van der Waals surface area (Å²) in [6.45, 7) is 5.07. The van der Waals surface area contributed by atoms with Crippen LogP contribution >= 0.6 is 24.0 Å². The van der Waals surface area contributed by atoms with Crippen LogP contribution in [0.4, 0.5) is 0 Å². The zero-order chi connectivity index (χ0) is 13.5. The van der Waals surface area contributed by atoms with Gasteiger partial charge in [0.15, 0.2) is 5.96 Å². The number of nitrogens with two attached hydrogens (primary N) is 1. The van der Waals surface area contributed by atoms with Gasteiger partial charge in [-0.3, -0.25) is 4.99 Å². The number of halogens is 1. The summed E-state index contributed by atoms with van der Waals surface area (Å²) in [5.74, 6) is 0.732. The standard InChI is InChI=1S/C16H25N3.HI/c1-14-8-4-5-9-15(14)10-11-18-16(17)19-12-6-2-3-7-13-19;/h4-5,8-9H,2-3,6-7,10-13H2,1H3,(H2,17,18);1H. The Morgan fingerprint density at radius 2 is 1.80 bits per heavy atom. The molecule has 0 unspecified atom stereocenters. The lowest BCUT2D eigenvalue weighted by Gasteiger charge is -2.21. The molecule has 4 heteroatoms. The first-order valence-electron chi connectivity index (χ1n) is 7.37. The molecule has 0 spiro atoms. The van der Waals surface area contributed by atoms with Crippen LogP contribution in [0.25, 0.3) is 0 Å². The lowest BCUT2D eigenvalue weighted by Crippen LogP contribution is -2.38. The molecule has 0 radical (unpaired) electrons. The largest absolute Gasteiger partial charge is 0.370 e. The first-order valence-corrected chi connectivity index (χ1v) is 7.37. The molecular weight excluding hydrogens is 361 g/mol. The van der Waals surface area contributed by atoms with Gasteiger partial charge >= 0.3 is 0 Å². The van der Waals surface area contributed by atoms with E-state index in [2.05, 4.69) is 41.1 Å². The minimum absolute atomic E-state index is 0. The summed E-state index contributed by atoms with van der Waals surface area (Å²) >= 11 is 0. The van der Waals surface area contributed by atoms with Gasteiger partial charge in [0.1, 0.15) is 0 Å². The summed E-state index contributed by atoms with van der Waals surface area (Å²) in [7, 11) is 0. The monoisotopic (exact) mass is 387 g/mol. The minimum Gasteiger partial charge on any atom is -0.370 e. The number of likely N-dealkylation sites (tertiary alicyclic amines) is 1. The Hall–Kier alpha value is -0.780. The molecule has 112 valence electrons. The Morgan fingerprint density at radius 3 is 2.45 bits per heavy atom. The fourth-order valence-electron chi connectivity index (χ4n) is 2.58. The number of aliphatic imine (C=N–C) groups is 1. The summed E-state index contributed by atoms with van der Waals surface area (Å²) in [6, 6.07) is 8.49.